The minimum atomic E-state index is -2.33. The van der Waals surface area contributed by atoms with Gasteiger partial charge in [-0.3, -0.25) is 4.79 Å². The summed E-state index contributed by atoms with van der Waals surface area (Å²) in [4.78, 5) is 25.2. The molecular formula is C20H29NO4Si. The first-order chi connectivity index (χ1) is 11.7. The fourth-order valence-electron chi connectivity index (χ4n) is 1.91. The molecule has 0 aliphatic carbocycles. The number of benzene rings is 1. The summed E-state index contributed by atoms with van der Waals surface area (Å²) >= 11 is 0. The molecule has 0 radical (unpaired) electrons. The summed E-state index contributed by atoms with van der Waals surface area (Å²) in [5.74, 6) is -1.64. The first-order valence-corrected chi connectivity index (χ1v) is 11.5. The topological polar surface area (TPSA) is 76.4 Å². The number of esters is 1. The molecule has 1 unspecified atom stereocenters. The quantitative estimate of drug-likeness (QED) is 0.429. The number of rotatable bonds is 5. The molecule has 5 nitrogen and oxygen atoms in total. The van der Waals surface area contributed by atoms with Gasteiger partial charge in [0.2, 0.25) is 0 Å². The van der Waals surface area contributed by atoms with E-state index >= 15 is 0 Å². The highest BCUT2D eigenvalue weighted by Gasteiger charge is 2.43. The molecule has 0 saturated carbocycles. The highest BCUT2D eigenvalue weighted by Crippen LogP contribution is 2.40. The van der Waals surface area contributed by atoms with E-state index in [1.54, 1.807) is 45.0 Å². The molecule has 142 valence electrons. The fourth-order valence-corrected chi connectivity index (χ4v) is 3.10. The number of carbonyl (C=O) groups excluding carboxylic acids is 2. The number of hydrogen-bond acceptors (Lipinski definition) is 5. The van der Waals surface area contributed by atoms with Crippen LogP contribution in [0.25, 0.3) is 0 Å². The van der Waals surface area contributed by atoms with Crippen molar-refractivity contribution in [2.24, 2.45) is 0 Å². The van der Waals surface area contributed by atoms with Gasteiger partial charge in [-0.1, -0.05) is 32.9 Å². The van der Waals surface area contributed by atoms with Gasteiger partial charge >= 0.3 is 5.97 Å². The molecule has 26 heavy (non-hydrogen) atoms. The number of ketones is 1. The summed E-state index contributed by atoms with van der Waals surface area (Å²) in [5.41, 5.74) is 0.257. The van der Waals surface area contributed by atoms with Gasteiger partial charge in [0.05, 0.1) is 11.6 Å². The van der Waals surface area contributed by atoms with Gasteiger partial charge in [-0.05, 0) is 56.6 Å². The zero-order chi connectivity index (χ0) is 20.3. The Morgan fingerprint density at radius 3 is 1.92 bits per heavy atom. The average molecular weight is 376 g/mol. The molecule has 0 aliphatic heterocycles. The van der Waals surface area contributed by atoms with Gasteiger partial charge < -0.3 is 9.16 Å². The van der Waals surface area contributed by atoms with E-state index in [9.17, 15) is 9.59 Å². The van der Waals surface area contributed by atoms with Crippen molar-refractivity contribution in [3.05, 3.63) is 35.4 Å². The van der Waals surface area contributed by atoms with Crippen molar-refractivity contribution in [2.75, 3.05) is 0 Å². The van der Waals surface area contributed by atoms with E-state index in [0.717, 1.165) is 0 Å². The lowest BCUT2D eigenvalue weighted by Gasteiger charge is -2.38. The SMILES string of the molecule is CC(C)(C)OC(=O)C(=O)C(O[Si](C)(C)C(C)(C)C)c1ccc(C#N)cc1. The predicted molar refractivity (Wildman–Crippen MR) is 103 cm³/mol. The van der Waals surface area contributed by atoms with Crippen LogP contribution in [0, 0.1) is 11.3 Å². The minimum absolute atomic E-state index is 0.133. The molecule has 0 heterocycles. The second kappa shape index (κ2) is 7.73. The number of carbonyl (C=O) groups is 2. The van der Waals surface area contributed by atoms with Gasteiger partial charge in [-0.25, -0.2) is 4.79 Å². The van der Waals surface area contributed by atoms with Gasteiger partial charge in [0.1, 0.15) is 11.7 Å². The van der Waals surface area contributed by atoms with E-state index in [2.05, 4.69) is 20.8 Å². The zero-order valence-electron chi connectivity index (χ0n) is 17.0. The second-order valence-corrected chi connectivity index (χ2v) is 13.6. The second-order valence-electron chi connectivity index (χ2n) is 8.86. The first kappa shape index (κ1) is 22.1. The van der Waals surface area contributed by atoms with Crippen molar-refractivity contribution in [1.29, 1.82) is 5.26 Å². The molecule has 1 atom stereocenters. The van der Waals surface area contributed by atoms with Gasteiger partial charge in [0.15, 0.2) is 8.32 Å². The third kappa shape index (κ3) is 5.79. The Bertz CT molecular complexity index is 703. The van der Waals surface area contributed by atoms with Crippen LogP contribution in [0.5, 0.6) is 0 Å². The standard InChI is InChI=1S/C20H29NO4Si/c1-19(2,3)24-18(23)16(22)17(25-26(7,8)20(4,5)6)15-11-9-14(13-21)10-12-15/h9-12,17H,1-8H3. The molecule has 0 fully saturated rings. The molecule has 0 saturated heterocycles. The summed E-state index contributed by atoms with van der Waals surface area (Å²) in [6.07, 6.45) is -1.04. The molecule has 0 bridgehead atoms. The van der Waals surface area contributed by atoms with Crippen LogP contribution < -0.4 is 0 Å². The fraction of sp³-hybridized carbons (Fsp3) is 0.550. The molecule has 1 aromatic rings. The monoisotopic (exact) mass is 375 g/mol. The lowest BCUT2D eigenvalue weighted by atomic mass is 10.0. The molecular weight excluding hydrogens is 346 g/mol. The van der Waals surface area contributed by atoms with Crippen LogP contribution in [-0.2, 0) is 18.8 Å². The largest absolute Gasteiger partial charge is 0.454 e. The highest BCUT2D eigenvalue weighted by molar-refractivity contribution is 6.74. The maximum Gasteiger partial charge on any atom is 0.378 e. The molecule has 0 aliphatic rings. The molecule has 1 aromatic carbocycles. The van der Waals surface area contributed by atoms with Crippen LogP contribution in [0.1, 0.15) is 58.8 Å². The third-order valence-corrected chi connectivity index (χ3v) is 8.84. The number of Topliss-reactive ketones (excluding diaryl/α,β-unsaturated/α-hetero) is 1. The molecule has 0 aromatic heterocycles. The molecule has 0 amide bonds. The van der Waals surface area contributed by atoms with E-state index in [4.69, 9.17) is 14.4 Å². The van der Waals surface area contributed by atoms with Crippen LogP contribution in [0.4, 0.5) is 0 Å². The van der Waals surface area contributed by atoms with E-state index < -0.39 is 31.8 Å². The van der Waals surface area contributed by atoms with Crippen molar-refractivity contribution in [1.82, 2.24) is 0 Å². The summed E-state index contributed by atoms with van der Waals surface area (Å²) in [6.45, 7) is 15.4. The lowest BCUT2D eigenvalue weighted by molar-refractivity contribution is -0.165. The Morgan fingerprint density at radius 2 is 1.54 bits per heavy atom. The van der Waals surface area contributed by atoms with Crippen LogP contribution in [0.15, 0.2) is 24.3 Å². The van der Waals surface area contributed by atoms with Gasteiger partial charge in [-0.2, -0.15) is 5.26 Å². The smallest absolute Gasteiger partial charge is 0.378 e. The molecule has 6 heteroatoms. The molecule has 0 N–H and O–H groups in total. The summed E-state index contributed by atoms with van der Waals surface area (Å²) in [6, 6.07) is 8.56. The summed E-state index contributed by atoms with van der Waals surface area (Å²) < 4.78 is 11.5. The predicted octanol–water partition coefficient (Wildman–Crippen LogP) is 4.53. The Kier molecular flexibility index (Phi) is 6.56. The normalized spacial score (nSPS) is 13.7. The average Bonchev–Trinajstić information content (AvgIpc) is 2.49. The Balaban J connectivity index is 3.27. The third-order valence-electron chi connectivity index (χ3n) is 4.40. The minimum Gasteiger partial charge on any atom is -0.454 e. The van der Waals surface area contributed by atoms with E-state index in [1.165, 1.54) is 0 Å². The van der Waals surface area contributed by atoms with Gasteiger partial charge in [0.25, 0.3) is 5.78 Å². The van der Waals surface area contributed by atoms with E-state index in [-0.39, 0.29) is 5.04 Å². The maximum absolute atomic E-state index is 12.8. The van der Waals surface area contributed by atoms with Crippen molar-refractivity contribution in [2.45, 2.75) is 71.4 Å². The maximum atomic E-state index is 12.8. The van der Waals surface area contributed by atoms with Crippen molar-refractivity contribution in [3.8, 4) is 6.07 Å². The summed E-state index contributed by atoms with van der Waals surface area (Å²) in [7, 11) is -2.33. The number of ether oxygens (including phenoxy) is 1. The van der Waals surface area contributed by atoms with Crippen LogP contribution >= 0.6 is 0 Å². The van der Waals surface area contributed by atoms with Crippen molar-refractivity contribution in [3.63, 3.8) is 0 Å². The number of hydrogen-bond donors (Lipinski definition) is 0. The van der Waals surface area contributed by atoms with Crippen LogP contribution in [-0.4, -0.2) is 25.7 Å². The Morgan fingerprint density at radius 1 is 1.04 bits per heavy atom. The Hall–Kier alpha value is -1.97. The lowest BCUT2D eigenvalue weighted by Crippen LogP contribution is -2.44. The Labute approximate surface area is 157 Å². The number of nitrogens with zero attached hydrogens (tertiary/aromatic N) is 1. The first-order valence-electron chi connectivity index (χ1n) is 8.63. The van der Waals surface area contributed by atoms with Gasteiger partial charge in [0, 0.05) is 0 Å². The van der Waals surface area contributed by atoms with E-state index in [0.29, 0.717) is 11.1 Å². The molecule has 1 rings (SSSR count). The summed E-state index contributed by atoms with van der Waals surface area (Å²) in [5, 5.41) is 8.84. The zero-order valence-corrected chi connectivity index (χ0v) is 18.0. The van der Waals surface area contributed by atoms with E-state index in [1.807, 2.05) is 19.2 Å². The van der Waals surface area contributed by atoms with Crippen LogP contribution in [0.3, 0.4) is 0 Å². The highest BCUT2D eigenvalue weighted by atomic mass is 28.4. The molecule has 0 spiro atoms. The van der Waals surface area contributed by atoms with Crippen molar-refractivity contribution >= 4 is 20.1 Å². The number of nitriles is 1. The van der Waals surface area contributed by atoms with Crippen LogP contribution in [0.2, 0.25) is 18.1 Å². The van der Waals surface area contributed by atoms with Gasteiger partial charge in [-0.15, -0.1) is 0 Å². The van der Waals surface area contributed by atoms with Crippen molar-refractivity contribution < 1.29 is 18.8 Å².